The van der Waals surface area contributed by atoms with Crippen molar-refractivity contribution in [3.63, 3.8) is 0 Å². The Balaban J connectivity index is 2.57. The van der Waals surface area contributed by atoms with Gasteiger partial charge in [0.25, 0.3) is 0 Å². The smallest absolute Gasteiger partial charge is 0.238 e. The van der Waals surface area contributed by atoms with Crippen LogP contribution in [-0.2, 0) is 14.8 Å². The van der Waals surface area contributed by atoms with Gasteiger partial charge in [0.15, 0.2) is 0 Å². The Hall–Kier alpha value is -0.700. The summed E-state index contributed by atoms with van der Waals surface area (Å²) < 4.78 is 24.0. The quantitative estimate of drug-likeness (QED) is 0.527. The predicted octanol–water partition coefficient (Wildman–Crippen LogP) is -2.12. The van der Waals surface area contributed by atoms with Crippen molar-refractivity contribution >= 4 is 15.9 Å². The summed E-state index contributed by atoms with van der Waals surface area (Å²) in [6.07, 6.45) is 1.18. The normalized spacial score (nSPS) is 23.6. The van der Waals surface area contributed by atoms with Crippen LogP contribution in [0.25, 0.3) is 0 Å². The topological polar surface area (TPSA) is 107 Å². The first-order chi connectivity index (χ1) is 7.86. The Kier molecular flexibility index (Phi) is 4.87. The largest absolute Gasteiger partial charge is 0.394 e. The van der Waals surface area contributed by atoms with E-state index in [1.54, 1.807) is 0 Å². The van der Waals surface area contributed by atoms with Gasteiger partial charge in [0.05, 0.1) is 19.0 Å². The minimum Gasteiger partial charge on any atom is -0.394 e. The van der Waals surface area contributed by atoms with Gasteiger partial charge in [0, 0.05) is 13.1 Å². The van der Waals surface area contributed by atoms with Crippen molar-refractivity contribution in [2.24, 2.45) is 0 Å². The number of nitrogens with one attached hydrogen (secondary N) is 1. The van der Waals surface area contributed by atoms with Gasteiger partial charge in [-0.05, 0) is 12.8 Å². The Bertz CT molecular complexity index is 370. The third kappa shape index (κ3) is 3.91. The standard InChI is InChI=1S/C9H18N2O5S/c1-17(15,16)11-4-2-3-8(11)9(14)10-5-7(13)6-12/h7-8,12-13H,2-6H2,1H3,(H,10,14). The fourth-order valence-electron chi connectivity index (χ4n) is 1.80. The van der Waals surface area contributed by atoms with Crippen molar-refractivity contribution < 1.29 is 23.4 Å². The number of amides is 1. The number of nitrogens with zero attached hydrogens (tertiary/aromatic N) is 1. The minimum absolute atomic E-state index is 0.0799. The van der Waals surface area contributed by atoms with Crippen molar-refractivity contribution in [2.75, 3.05) is 26.0 Å². The van der Waals surface area contributed by atoms with Gasteiger partial charge in [-0.2, -0.15) is 4.31 Å². The molecule has 7 nitrogen and oxygen atoms in total. The molecule has 2 atom stereocenters. The summed E-state index contributed by atoms with van der Waals surface area (Å²) in [4.78, 5) is 11.7. The molecule has 1 rings (SSSR count). The molecule has 0 aromatic heterocycles. The van der Waals surface area contributed by atoms with Gasteiger partial charge in [0.2, 0.25) is 15.9 Å². The van der Waals surface area contributed by atoms with Crippen LogP contribution in [0.1, 0.15) is 12.8 Å². The van der Waals surface area contributed by atoms with E-state index in [1.807, 2.05) is 0 Å². The second-order valence-corrected chi connectivity index (χ2v) is 6.05. The number of carbonyl (C=O) groups is 1. The number of sulfonamides is 1. The van der Waals surface area contributed by atoms with E-state index in [-0.39, 0.29) is 6.54 Å². The van der Waals surface area contributed by atoms with Crippen LogP contribution >= 0.6 is 0 Å². The fourth-order valence-corrected chi connectivity index (χ4v) is 2.92. The van der Waals surface area contributed by atoms with Gasteiger partial charge in [-0.25, -0.2) is 8.42 Å². The zero-order valence-electron chi connectivity index (χ0n) is 9.66. The molecule has 1 amide bonds. The molecule has 0 aromatic carbocycles. The first-order valence-electron chi connectivity index (χ1n) is 5.39. The second kappa shape index (κ2) is 5.76. The van der Waals surface area contributed by atoms with Crippen LogP contribution in [0.4, 0.5) is 0 Å². The molecular weight excluding hydrogens is 248 g/mol. The summed E-state index contributed by atoms with van der Waals surface area (Å²) in [5.74, 6) is -0.430. The van der Waals surface area contributed by atoms with Crippen LogP contribution in [-0.4, -0.2) is 66.9 Å². The van der Waals surface area contributed by atoms with Gasteiger partial charge in [0.1, 0.15) is 6.04 Å². The van der Waals surface area contributed by atoms with Gasteiger partial charge in [-0.15, -0.1) is 0 Å². The minimum atomic E-state index is -3.38. The molecule has 1 aliphatic heterocycles. The highest BCUT2D eigenvalue weighted by molar-refractivity contribution is 7.88. The van der Waals surface area contributed by atoms with Crippen LogP contribution in [0, 0.1) is 0 Å². The Morgan fingerprint density at radius 1 is 1.59 bits per heavy atom. The van der Waals surface area contributed by atoms with Crippen LogP contribution in [0.5, 0.6) is 0 Å². The van der Waals surface area contributed by atoms with Crippen molar-refractivity contribution in [2.45, 2.75) is 25.0 Å². The maximum absolute atomic E-state index is 11.7. The molecule has 2 unspecified atom stereocenters. The lowest BCUT2D eigenvalue weighted by Crippen LogP contribution is -2.47. The average Bonchev–Trinajstić information content (AvgIpc) is 2.73. The SMILES string of the molecule is CS(=O)(=O)N1CCCC1C(=O)NCC(O)CO. The molecule has 3 N–H and O–H groups in total. The maximum Gasteiger partial charge on any atom is 0.238 e. The van der Waals surface area contributed by atoms with E-state index in [4.69, 9.17) is 10.2 Å². The first kappa shape index (κ1) is 14.4. The molecule has 0 bridgehead atoms. The second-order valence-electron chi connectivity index (χ2n) is 4.11. The fraction of sp³-hybridized carbons (Fsp3) is 0.889. The lowest BCUT2D eigenvalue weighted by atomic mass is 10.2. The zero-order chi connectivity index (χ0) is 13.1. The molecule has 0 aromatic rings. The van der Waals surface area contributed by atoms with E-state index in [9.17, 15) is 13.2 Å². The molecule has 1 aliphatic rings. The number of rotatable bonds is 5. The van der Waals surface area contributed by atoms with E-state index in [1.165, 1.54) is 0 Å². The molecule has 0 aliphatic carbocycles. The van der Waals surface area contributed by atoms with Gasteiger partial charge in [-0.1, -0.05) is 0 Å². The third-order valence-electron chi connectivity index (χ3n) is 2.65. The average molecular weight is 266 g/mol. The van der Waals surface area contributed by atoms with Crippen LogP contribution < -0.4 is 5.32 Å². The number of aliphatic hydroxyl groups excluding tert-OH is 2. The summed E-state index contributed by atoms with van der Waals surface area (Å²) in [6.45, 7) is -0.177. The highest BCUT2D eigenvalue weighted by atomic mass is 32.2. The lowest BCUT2D eigenvalue weighted by molar-refractivity contribution is -0.124. The lowest BCUT2D eigenvalue weighted by Gasteiger charge is -2.21. The molecule has 8 heteroatoms. The summed E-state index contributed by atoms with van der Waals surface area (Å²) in [7, 11) is -3.38. The summed E-state index contributed by atoms with van der Waals surface area (Å²) in [5.41, 5.74) is 0. The van der Waals surface area contributed by atoms with E-state index in [2.05, 4.69) is 5.32 Å². The van der Waals surface area contributed by atoms with Crippen molar-refractivity contribution in [1.82, 2.24) is 9.62 Å². The summed E-state index contributed by atoms with van der Waals surface area (Å²) in [5, 5.41) is 20.1. The Labute approximate surface area is 100 Å². The van der Waals surface area contributed by atoms with Gasteiger partial charge in [-0.3, -0.25) is 4.79 Å². The number of aliphatic hydroxyl groups is 2. The van der Waals surface area contributed by atoms with E-state index >= 15 is 0 Å². The van der Waals surface area contributed by atoms with Gasteiger partial charge < -0.3 is 15.5 Å². The third-order valence-corrected chi connectivity index (χ3v) is 3.94. The number of hydrogen-bond acceptors (Lipinski definition) is 5. The Morgan fingerprint density at radius 2 is 2.24 bits per heavy atom. The molecular formula is C9H18N2O5S. The molecule has 0 radical (unpaired) electrons. The monoisotopic (exact) mass is 266 g/mol. The molecule has 17 heavy (non-hydrogen) atoms. The number of carbonyl (C=O) groups excluding carboxylic acids is 1. The molecule has 1 fully saturated rings. The van der Waals surface area contributed by atoms with E-state index < -0.39 is 34.7 Å². The van der Waals surface area contributed by atoms with Crippen molar-refractivity contribution in [1.29, 1.82) is 0 Å². The summed E-state index contributed by atoms with van der Waals surface area (Å²) >= 11 is 0. The van der Waals surface area contributed by atoms with Crippen molar-refractivity contribution in [3.8, 4) is 0 Å². The zero-order valence-corrected chi connectivity index (χ0v) is 10.5. The molecule has 0 saturated carbocycles. The molecule has 0 spiro atoms. The van der Waals surface area contributed by atoms with E-state index in [0.29, 0.717) is 19.4 Å². The van der Waals surface area contributed by atoms with Crippen molar-refractivity contribution in [3.05, 3.63) is 0 Å². The Morgan fingerprint density at radius 3 is 2.76 bits per heavy atom. The predicted molar refractivity (Wildman–Crippen MR) is 60.7 cm³/mol. The number of hydrogen-bond donors (Lipinski definition) is 3. The highest BCUT2D eigenvalue weighted by Gasteiger charge is 2.36. The maximum atomic E-state index is 11.7. The van der Waals surface area contributed by atoms with Crippen LogP contribution in [0.2, 0.25) is 0 Å². The van der Waals surface area contributed by atoms with E-state index in [0.717, 1.165) is 10.6 Å². The van der Waals surface area contributed by atoms with Gasteiger partial charge >= 0.3 is 0 Å². The molecule has 100 valence electrons. The highest BCUT2D eigenvalue weighted by Crippen LogP contribution is 2.20. The van der Waals surface area contributed by atoms with Crippen LogP contribution in [0.15, 0.2) is 0 Å². The summed E-state index contributed by atoms with van der Waals surface area (Å²) in [6, 6.07) is -0.698. The first-order valence-corrected chi connectivity index (χ1v) is 7.24. The molecule has 1 saturated heterocycles. The molecule has 1 heterocycles. The van der Waals surface area contributed by atoms with Crippen LogP contribution in [0.3, 0.4) is 0 Å².